The first-order valence-electron chi connectivity index (χ1n) is 8.27. The second-order valence-electron chi connectivity index (χ2n) is 6.18. The molecule has 2 aromatic carbocycles. The van der Waals surface area contributed by atoms with Gasteiger partial charge in [0.15, 0.2) is 18.1 Å². The SMILES string of the molecule is COc1ccccc1OCC(=O)N1CCC(c2cccc(C)c2)C1. The Labute approximate surface area is 143 Å². The monoisotopic (exact) mass is 325 g/mol. The number of nitrogens with zero attached hydrogens (tertiary/aromatic N) is 1. The Hall–Kier alpha value is -2.49. The number of methoxy groups -OCH3 is 1. The van der Waals surface area contributed by atoms with Crippen LogP contribution in [0.3, 0.4) is 0 Å². The van der Waals surface area contributed by atoms with E-state index in [1.165, 1.54) is 11.1 Å². The van der Waals surface area contributed by atoms with Crippen molar-refractivity contribution >= 4 is 5.91 Å². The zero-order chi connectivity index (χ0) is 16.9. The van der Waals surface area contributed by atoms with Crippen LogP contribution < -0.4 is 9.47 Å². The predicted octanol–water partition coefficient (Wildman–Crippen LogP) is 3.40. The molecular weight excluding hydrogens is 302 g/mol. The molecule has 0 N–H and O–H groups in total. The Morgan fingerprint density at radius 3 is 2.71 bits per heavy atom. The molecular formula is C20H23NO3. The van der Waals surface area contributed by atoms with E-state index in [4.69, 9.17) is 9.47 Å². The highest BCUT2D eigenvalue weighted by molar-refractivity contribution is 5.78. The minimum atomic E-state index is 0.0241. The van der Waals surface area contributed by atoms with Crippen molar-refractivity contribution in [2.24, 2.45) is 0 Å². The van der Waals surface area contributed by atoms with Crippen LogP contribution in [0, 0.1) is 6.92 Å². The second-order valence-corrected chi connectivity index (χ2v) is 6.18. The van der Waals surface area contributed by atoms with Gasteiger partial charge in [-0.3, -0.25) is 4.79 Å². The Morgan fingerprint density at radius 2 is 1.96 bits per heavy atom. The third-order valence-electron chi connectivity index (χ3n) is 4.47. The third kappa shape index (κ3) is 3.70. The summed E-state index contributed by atoms with van der Waals surface area (Å²) >= 11 is 0. The number of para-hydroxylation sites is 2. The first kappa shape index (κ1) is 16.4. The first-order valence-corrected chi connectivity index (χ1v) is 8.27. The summed E-state index contributed by atoms with van der Waals surface area (Å²) in [5.74, 6) is 1.68. The first-order chi connectivity index (χ1) is 11.7. The lowest BCUT2D eigenvalue weighted by molar-refractivity contribution is -0.132. The van der Waals surface area contributed by atoms with Crippen LogP contribution in [0.5, 0.6) is 11.5 Å². The number of carbonyl (C=O) groups excluding carboxylic acids is 1. The average molecular weight is 325 g/mol. The Morgan fingerprint density at radius 1 is 1.17 bits per heavy atom. The minimum absolute atomic E-state index is 0.0241. The van der Waals surface area contributed by atoms with Gasteiger partial charge in [0.05, 0.1) is 7.11 Å². The zero-order valence-corrected chi connectivity index (χ0v) is 14.2. The van der Waals surface area contributed by atoms with Crippen molar-refractivity contribution in [3.05, 3.63) is 59.7 Å². The summed E-state index contributed by atoms with van der Waals surface area (Å²) in [4.78, 5) is 14.3. The van der Waals surface area contributed by atoms with Crippen LogP contribution in [0.15, 0.2) is 48.5 Å². The Bertz CT molecular complexity index is 714. The van der Waals surface area contributed by atoms with Gasteiger partial charge in [0, 0.05) is 19.0 Å². The molecule has 0 bridgehead atoms. The molecule has 0 saturated carbocycles. The maximum absolute atomic E-state index is 12.4. The van der Waals surface area contributed by atoms with E-state index in [1.54, 1.807) is 7.11 Å². The molecule has 2 aromatic rings. The van der Waals surface area contributed by atoms with Gasteiger partial charge in [-0.2, -0.15) is 0 Å². The summed E-state index contributed by atoms with van der Waals surface area (Å²) in [7, 11) is 1.59. The van der Waals surface area contributed by atoms with Gasteiger partial charge in [-0.1, -0.05) is 42.0 Å². The summed E-state index contributed by atoms with van der Waals surface area (Å²) in [5.41, 5.74) is 2.58. The van der Waals surface area contributed by atoms with Crippen LogP contribution in [-0.4, -0.2) is 37.6 Å². The lowest BCUT2D eigenvalue weighted by atomic mass is 9.97. The highest BCUT2D eigenvalue weighted by atomic mass is 16.5. The number of amides is 1. The number of rotatable bonds is 5. The smallest absolute Gasteiger partial charge is 0.260 e. The molecule has 3 rings (SSSR count). The number of carbonyl (C=O) groups is 1. The molecule has 1 saturated heterocycles. The summed E-state index contributed by atoms with van der Waals surface area (Å²) in [6.45, 7) is 3.69. The van der Waals surface area contributed by atoms with Crippen molar-refractivity contribution in [2.75, 3.05) is 26.8 Å². The van der Waals surface area contributed by atoms with Crippen molar-refractivity contribution in [3.8, 4) is 11.5 Å². The zero-order valence-electron chi connectivity index (χ0n) is 14.2. The molecule has 1 heterocycles. The topological polar surface area (TPSA) is 38.8 Å². The fraction of sp³-hybridized carbons (Fsp3) is 0.350. The summed E-state index contributed by atoms with van der Waals surface area (Å²) in [6, 6.07) is 15.9. The molecule has 24 heavy (non-hydrogen) atoms. The predicted molar refractivity (Wildman–Crippen MR) is 93.6 cm³/mol. The van der Waals surface area contributed by atoms with E-state index in [0.717, 1.165) is 19.5 Å². The van der Waals surface area contributed by atoms with E-state index < -0.39 is 0 Å². The lowest BCUT2D eigenvalue weighted by Crippen LogP contribution is -2.32. The van der Waals surface area contributed by atoms with Gasteiger partial charge in [-0.25, -0.2) is 0 Å². The number of benzene rings is 2. The molecule has 1 fully saturated rings. The molecule has 4 heteroatoms. The van der Waals surface area contributed by atoms with E-state index >= 15 is 0 Å². The van der Waals surface area contributed by atoms with Gasteiger partial charge in [0.2, 0.25) is 0 Å². The van der Waals surface area contributed by atoms with Crippen LogP contribution in [-0.2, 0) is 4.79 Å². The highest BCUT2D eigenvalue weighted by Crippen LogP contribution is 2.29. The molecule has 0 spiro atoms. The van der Waals surface area contributed by atoms with Crippen LogP contribution in [0.1, 0.15) is 23.5 Å². The van der Waals surface area contributed by atoms with Crippen molar-refractivity contribution in [2.45, 2.75) is 19.3 Å². The van der Waals surface area contributed by atoms with Gasteiger partial charge in [0.1, 0.15) is 0 Å². The minimum Gasteiger partial charge on any atom is -0.493 e. The van der Waals surface area contributed by atoms with E-state index in [1.807, 2.05) is 29.2 Å². The van der Waals surface area contributed by atoms with Gasteiger partial charge >= 0.3 is 0 Å². The van der Waals surface area contributed by atoms with Crippen molar-refractivity contribution in [3.63, 3.8) is 0 Å². The normalized spacial score (nSPS) is 16.9. The van der Waals surface area contributed by atoms with E-state index in [2.05, 4.69) is 31.2 Å². The van der Waals surface area contributed by atoms with Gasteiger partial charge in [0.25, 0.3) is 5.91 Å². The molecule has 1 atom stereocenters. The summed E-state index contributed by atoms with van der Waals surface area (Å²) in [5, 5.41) is 0. The molecule has 1 aliphatic rings. The van der Waals surface area contributed by atoms with Crippen molar-refractivity contribution in [1.82, 2.24) is 4.90 Å². The van der Waals surface area contributed by atoms with Gasteiger partial charge in [-0.15, -0.1) is 0 Å². The summed E-state index contributed by atoms with van der Waals surface area (Å²) < 4.78 is 10.9. The molecule has 126 valence electrons. The van der Waals surface area contributed by atoms with Crippen LogP contribution >= 0.6 is 0 Å². The van der Waals surface area contributed by atoms with Crippen LogP contribution in [0.25, 0.3) is 0 Å². The van der Waals surface area contributed by atoms with Gasteiger partial charge < -0.3 is 14.4 Å². The second kappa shape index (κ2) is 7.39. The number of likely N-dealkylation sites (tertiary alicyclic amines) is 1. The van der Waals surface area contributed by atoms with E-state index in [0.29, 0.717) is 17.4 Å². The molecule has 1 aliphatic heterocycles. The van der Waals surface area contributed by atoms with Crippen LogP contribution in [0.4, 0.5) is 0 Å². The molecule has 0 radical (unpaired) electrons. The maximum Gasteiger partial charge on any atom is 0.260 e. The Balaban J connectivity index is 1.57. The number of aryl methyl sites for hydroxylation is 1. The number of ether oxygens (including phenoxy) is 2. The number of hydrogen-bond acceptors (Lipinski definition) is 3. The van der Waals surface area contributed by atoms with Gasteiger partial charge in [-0.05, 0) is 31.0 Å². The quantitative estimate of drug-likeness (QED) is 0.846. The highest BCUT2D eigenvalue weighted by Gasteiger charge is 2.27. The molecule has 0 aromatic heterocycles. The molecule has 4 nitrogen and oxygen atoms in total. The molecule has 1 unspecified atom stereocenters. The standard InChI is InChI=1S/C20H23NO3/c1-15-6-5-7-16(12-15)17-10-11-21(13-17)20(22)14-24-19-9-4-3-8-18(19)23-2/h3-9,12,17H,10-11,13-14H2,1-2H3. The van der Waals surface area contributed by atoms with Crippen molar-refractivity contribution < 1.29 is 14.3 Å². The van der Waals surface area contributed by atoms with E-state index in [9.17, 15) is 4.79 Å². The molecule has 0 aliphatic carbocycles. The fourth-order valence-corrected chi connectivity index (χ4v) is 3.15. The maximum atomic E-state index is 12.4. The van der Waals surface area contributed by atoms with E-state index in [-0.39, 0.29) is 12.5 Å². The van der Waals surface area contributed by atoms with Crippen LogP contribution in [0.2, 0.25) is 0 Å². The fourth-order valence-electron chi connectivity index (χ4n) is 3.15. The molecule has 1 amide bonds. The summed E-state index contributed by atoms with van der Waals surface area (Å²) in [6.07, 6.45) is 1.00. The van der Waals surface area contributed by atoms with Crippen molar-refractivity contribution in [1.29, 1.82) is 0 Å². The average Bonchev–Trinajstić information content (AvgIpc) is 3.10. The third-order valence-corrected chi connectivity index (χ3v) is 4.47. The number of hydrogen-bond donors (Lipinski definition) is 0. The largest absolute Gasteiger partial charge is 0.493 e. The Kier molecular flexibility index (Phi) is 5.04. The lowest BCUT2D eigenvalue weighted by Gasteiger charge is -2.18.